The number of para-hydroxylation sites is 1. The molecule has 0 bridgehead atoms. The Morgan fingerprint density at radius 3 is 2.43 bits per heavy atom. The van der Waals surface area contributed by atoms with Crippen LogP contribution in [0, 0.1) is 0 Å². The average Bonchev–Trinajstić information content (AvgIpc) is 2.90. The maximum atomic E-state index is 12.4. The Balaban J connectivity index is 2.37. The highest BCUT2D eigenvalue weighted by molar-refractivity contribution is 7.89. The van der Waals surface area contributed by atoms with Gasteiger partial charge in [0.15, 0.2) is 0 Å². The van der Waals surface area contributed by atoms with E-state index in [4.69, 9.17) is 0 Å². The van der Waals surface area contributed by atoms with E-state index in [1.54, 1.807) is 0 Å². The van der Waals surface area contributed by atoms with E-state index in [1.165, 1.54) is 38.4 Å². The zero-order valence-electron chi connectivity index (χ0n) is 12.2. The zero-order valence-corrected chi connectivity index (χ0v) is 13.0. The van der Waals surface area contributed by atoms with Crippen LogP contribution in [0.25, 0.3) is 0 Å². The van der Waals surface area contributed by atoms with Crippen LogP contribution < -0.4 is 9.46 Å². The predicted molar refractivity (Wildman–Crippen MR) is 75.1 cm³/mol. The summed E-state index contributed by atoms with van der Waals surface area (Å²) < 4.78 is 68.2. The van der Waals surface area contributed by atoms with Crippen molar-refractivity contribution in [2.75, 3.05) is 0 Å². The molecule has 1 aromatic heterocycles. The number of hydrogen-bond acceptors (Lipinski definition) is 4. The largest absolute Gasteiger partial charge is 0.573 e. The Morgan fingerprint density at radius 1 is 1.22 bits per heavy atom. The summed E-state index contributed by atoms with van der Waals surface area (Å²) in [5, 5.41) is 0. The van der Waals surface area contributed by atoms with Crippen LogP contribution in [0.3, 0.4) is 0 Å². The van der Waals surface area contributed by atoms with Crippen LogP contribution in [-0.2, 0) is 15.6 Å². The molecule has 0 radical (unpaired) electrons. The Kier molecular flexibility index (Phi) is 4.40. The highest BCUT2D eigenvalue weighted by atomic mass is 32.2. The first-order valence-corrected chi connectivity index (χ1v) is 7.88. The zero-order chi connectivity index (χ0) is 17.3. The second-order valence-corrected chi connectivity index (χ2v) is 6.81. The van der Waals surface area contributed by atoms with E-state index in [9.17, 15) is 21.6 Å². The van der Waals surface area contributed by atoms with Crippen LogP contribution in [-0.4, -0.2) is 24.7 Å². The van der Waals surface area contributed by atoms with Crippen molar-refractivity contribution in [2.45, 2.75) is 30.6 Å². The fourth-order valence-corrected chi connectivity index (χ4v) is 3.44. The molecule has 0 aliphatic carbocycles. The fourth-order valence-electron chi connectivity index (χ4n) is 1.93. The molecule has 0 saturated carbocycles. The number of ether oxygens (including phenoxy) is 1. The van der Waals surface area contributed by atoms with Gasteiger partial charge >= 0.3 is 6.36 Å². The summed E-state index contributed by atoms with van der Waals surface area (Å²) in [5.41, 5.74) is -1.16. The van der Waals surface area contributed by atoms with Crippen molar-refractivity contribution in [3.63, 3.8) is 0 Å². The van der Waals surface area contributed by atoms with Gasteiger partial charge in [-0.1, -0.05) is 12.1 Å². The number of nitrogens with zero attached hydrogens (tertiary/aromatic N) is 1. The number of aromatic nitrogens is 2. The molecule has 6 nitrogen and oxygen atoms in total. The predicted octanol–water partition coefficient (Wildman–Crippen LogP) is 2.52. The van der Waals surface area contributed by atoms with Crippen molar-refractivity contribution < 1.29 is 26.3 Å². The van der Waals surface area contributed by atoms with Gasteiger partial charge in [0.1, 0.15) is 16.5 Å². The van der Waals surface area contributed by atoms with Gasteiger partial charge in [-0.25, -0.2) is 13.4 Å². The van der Waals surface area contributed by atoms with Crippen LogP contribution in [0.4, 0.5) is 13.2 Å². The van der Waals surface area contributed by atoms with Gasteiger partial charge in [-0.2, -0.15) is 4.72 Å². The third-order valence-electron chi connectivity index (χ3n) is 2.84. The molecule has 0 aliphatic heterocycles. The maximum absolute atomic E-state index is 12.4. The van der Waals surface area contributed by atoms with Crippen molar-refractivity contribution in [3.8, 4) is 5.75 Å². The van der Waals surface area contributed by atoms with Gasteiger partial charge in [0.05, 0.1) is 5.54 Å². The SMILES string of the molecule is CC(C)(NS(=O)(=O)c1ccccc1OC(F)(F)F)c1ncc[nH]1. The van der Waals surface area contributed by atoms with E-state index in [-0.39, 0.29) is 0 Å². The maximum Gasteiger partial charge on any atom is 0.573 e. The number of benzene rings is 1. The number of H-pyrrole nitrogens is 1. The van der Waals surface area contributed by atoms with Crippen LogP contribution in [0.5, 0.6) is 5.75 Å². The van der Waals surface area contributed by atoms with Gasteiger partial charge in [0.2, 0.25) is 10.0 Å². The highest BCUT2D eigenvalue weighted by Crippen LogP contribution is 2.30. The number of aromatic amines is 1. The fraction of sp³-hybridized carbons (Fsp3) is 0.308. The second kappa shape index (κ2) is 5.85. The molecule has 0 aliphatic rings. The molecule has 0 saturated heterocycles. The molecular formula is C13H14F3N3O3S. The van der Waals surface area contributed by atoms with E-state index in [1.807, 2.05) is 0 Å². The molecule has 1 aromatic carbocycles. The molecule has 0 amide bonds. The number of halogens is 3. The van der Waals surface area contributed by atoms with Crippen molar-refractivity contribution in [3.05, 3.63) is 42.5 Å². The molecule has 126 valence electrons. The third-order valence-corrected chi connectivity index (χ3v) is 4.54. The van der Waals surface area contributed by atoms with Crippen molar-refractivity contribution >= 4 is 10.0 Å². The van der Waals surface area contributed by atoms with Gasteiger partial charge in [-0.05, 0) is 26.0 Å². The molecule has 2 aromatic rings. The van der Waals surface area contributed by atoms with Crippen LogP contribution in [0.15, 0.2) is 41.6 Å². The number of nitrogens with one attached hydrogen (secondary N) is 2. The summed E-state index contributed by atoms with van der Waals surface area (Å²) in [7, 11) is -4.28. The summed E-state index contributed by atoms with van der Waals surface area (Å²) in [6.45, 7) is 3.05. The number of hydrogen-bond donors (Lipinski definition) is 2. The second-order valence-electron chi connectivity index (χ2n) is 5.16. The molecule has 10 heteroatoms. The Labute approximate surface area is 130 Å². The first kappa shape index (κ1) is 17.3. The summed E-state index contributed by atoms with van der Waals surface area (Å²) in [6.07, 6.45) is -2.06. The Hall–Kier alpha value is -2.07. The van der Waals surface area contributed by atoms with Gasteiger partial charge in [-0.15, -0.1) is 13.2 Å². The molecule has 2 rings (SSSR count). The molecular weight excluding hydrogens is 335 g/mol. The minimum Gasteiger partial charge on any atom is -0.404 e. The lowest BCUT2D eigenvalue weighted by Gasteiger charge is -2.24. The smallest absolute Gasteiger partial charge is 0.404 e. The average molecular weight is 349 g/mol. The topological polar surface area (TPSA) is 84.1 Å². The monoisotopic (exact) mass is 349 g/mol. The molecule has 0 fully saturated rings. The summed E-state index contributed by atoms with van der Waals surface area (Å²) in [5.74, 6) is -0.488. The third kappa shape index (κ3) is 4.23. The van der Waals surface area contributed by atoms with E-state index in [0.29, 0.717) is 5.82 Å². The van der Waals surface area contributed by atoms with E-state index >= 15 is 0 Å². The molecule has 0 unspecified atom stereocenters. The summed E-state index contributed by atoms with van der Waals surface area (Å²) in [6, 6.07) is 4.51. The Bertz CT molecular complexity index is 771. The quantitative estimate of drug-likeness (QED) is 0.869. The minimum atomic E-state index is -5.00. The molecule has 0 spiro atoms. The number of alkyl halides is 3. The normalized spacial score (nSPS) is 13.1. The number of rotatable bonds is 5. The lowest BCUT2D eigenvalue weighted by Crippen LogP contribution is -2.42. The summed E-state index contributed by atoms with van der Waals surface area (Å²) in [4.78, 5) is 6.09. The minimum absolute atomic E-state index is 0.315. The van der Waals surface area contributed by atoms with E-state index < -0.39 is 32.6 Å². The number of imidazole rings is 1. The molecule has 2 N–H and O–H groups in total. The lowest BCUT2D eigenvalue weighted by molar-refractivity contribution is -0.275. The van der Waals surface area contributed by atoms with E-state index in [0.717, 1.165) is 12.1 Å². The lowest BCUT2D eigenvalue weighted by atomic mass is 10.1. The van der Waals surface area contributed by atoms with Crippen molar-refractivity contribution in [1.29, 1.82) is 0 Å². The highest BCUT2D eigenvalue weighted by Gasteiger charge is 2.36. The number of sulfonamides is 1. The van der Waals surface area contributed by atoms with Crippen molar-refractivity contribution in [2.24, 2.45) is 0 Å². The van der Waals surface area contributed by atoms with Gasteiger partial charge in [-0.3, -0.25) is 0 Å². The van der Waals surface area contributed by atoms with Crippen LogP contribution >= 0.6 is 0 Å². The molecule has 23 heavy (non-hydrogen) atoms. The van der Waals surface area contributed by atoms with Gasteiger partial charge in [0, 0.05) is 12.4 Å². The van der Waals surface area contributed by atoms with Gasteiger partial charge < -0.3 is 9.72 Å². The van der Waals surface area contributed by atoms with Gasteiger partial charge in [0.25, 0.3) is 0 Å². The summed E-state index contributed by atoms with van der Waals surface area (Å²) >= 11 is 0. The van der Waals surface area contributed by atoms with Crippen LogP contribution in [0.2, 0.25) is 0 Å². The molecule has 0 atom stereocenters. The first-order valence-electron chi connectivity index (χ1n) is 6.40. The standard InChI is InChI=1S/C13H14F3N3O3S/c1-12(2,11-17-7-8-18-11)19-23(20,21)10-6-4-3-5-9(10)22-13(14,15)16/h3-8,19H,1-2H3,(H,17,18). The Morgan fingerprint density at radius 2 is 1.87 bits per heavy atom. The van der Waals surface area contributed by atoms with Crippen LogP contribution in [0.1, 0.15) is 19.7 Å². The van der Waals surface area contributed by atoms with Crippen molar-refractivity contribution in [1.82, 2.24) is 14.7 Å². The molecule has 1 heterocycles. The first-order chi connectivity index (χ1) is 10.5. The van der Waals surface area contributed by atoms with E-state index in [2.05, 4.69) is 19.4 Å².